The van der Waals surface area contributed by atoms with Crippen molar-refractivity contribution in [1.82, 2.24) is 9.97 Å². The quantitative estimate of drug-likeness (QED) is 0.721. The van der Waals surface area contributed by atoms with E-state index in [1.54, 1.807) is 7.11 Å². The molecule has 0 saturated heterocycles. The number of anilines is 1. The highest BCUT2D eigenvalue weighted by atomic mass is 16.5. The van der Waals surface area contributed by atoms with Gasteiger partial charge in [-0.2, -0.15) is 0 Å². The van der Waals surface area contributed by atoms with E-state index in [0.29, 0.717) is 0 Å². The van der Waals surface area contributed by atoms with Crippen LogP contribution in [0.3, 0.4) is 0 Å². The zero-order valence-electron chi connectivity index (χ0n) is 15.8. The summed E-state index contributed by atoms with van der Waals surface area (Å²) in [5.41, 5.74) is 4.38. The second-order valence-electron chi connectivity index (χ2n) is 6.75. The molecule has 0 bridgehead atoms. The summed E-state index contributed by atoms with van der Waals surface area (Å²) in [6.07, 6.45) is 0.950. The summed E-state index contributed by atoms with van der Waals surface area (Å²) in [4.78, 5) is 9.19. The minimum atomic E-state index is 0.0932. The first-order chi connectivity index (χ1) is 13.1. The van der Waals surface area contributed by atoms with Gasteiger partial charge in [-0.1, -0.05) is 12.1 Å². The Morgan fingerprint density at radius 1 is 1.11 bits per heavy atom. The molecule has 5 nitrogen and oxygen atoms in total. The fourth-order valence-electron chi connectivity index (χ4n) is 3.35. The molecule has 0 spiro atoms. The number of hydrogen-bond donors (Lipinski definition) is 1. The van der Waals surface area contributed by atoms with Crippen LogP contribution in [0, 0.1) is 6.92 Å². The number of nitrogens with zero attached hydrogens (tertiary/aromatic N) is 2. The highest BCUT2D eigenvalue weighted by Gasteiger charge is 2.14. The fourth-order valence-corrected chi connectivity index (χ4v) is 3.35. The van der Waals surface area contributed by atoms with Gasteiger partial charge >= 0.3 is 0 Å². The molecule has 1 aliphatic rings. The van der Waals surface area contributed by atoms with Crippen LogP contribution in [0.1, 0.15) is 29.9 Å². The van der Waals surface area contributed by atoms with Gasteiger partial charge in [-0.05, 0) is 55.3 Å². The molecule has 1 N–H and O–H groups in total. The second kappa shape index (κ2) is 7.27. The van der Waals surface area contributed by atoms with Crippen molar-refractivity contribution in [2.45, 2.75) is 26.3 Å². The van der Waals surface area contributed by atoms with E-state index in [2.05, 4.69) is 40.4 Å². The van der Waals surface area contributed by atoms with Gasteiger partial charge in [0.05, 0.1) is 25.5 Å². The number of benzene rings is 2. The molecule has 138 valence electrons. The molecule has 1 aromatic heterocycles. The van der Waals surface area contributed by atoms with Crippen LogP contribution in [0.2, 0.25) is 0 Å². The predicted octanol–water partition coefficient (Wildman–Crippen LogP) is 4.57. The number of aromatic nitrogens is 2. The van der Waals surface area contributed by atoms with Gasteiger partial charge in [0.2, 0.25) is 0 Å². The van der Waals surface area contributed by atoms with Gasteiger partial charge in [-0.3, -0.25) is 0 Å². The minimum absolute atomic E-state index is 0.0932. The van der Waals surface area contributed by atoms with Crippen molar-refractivity contribution in [3.05, 3.63) is 65.5 Å². The molecule has 1 aliphatic heterocycles. The van der Waals surface area contributed by atoms with Crippen LogP contribution in [0.5, 0.6) is 11.5 Å². The van der Waals surface area contributed by atoms with Crippen molar-refractivity contribution >= 4 is 5.82 Å². The normalized spacial score (nSPS) is 13.6. The number of hydrogen-bond acceptors (Lipinski definition) is 5. The molecule has 0 saturated carbocycles. The van der Waals surface area contributed by atoms with Crippen molar-refractivity contribution in [3.8, 4) is 22.8 Å². The van der Waals surface area contributed by atoms with Gasteiger partial charge in [-0.15, -0.1) is 0 Å². The molecule has 1 atom stereocenters. The zero-order chi connectivity index (χ0) is 18.8. The summed E-state index contributed by atoms with van der Waals surface area (Å²) in [5.74, 6) is 3.38. The summed E-state index contributed by atoms with van der Waals surface area (Å²) in [6, 6.07) is 16.4. The van der Waals surface area contributed by atoms with Crippen molar-refractivity contribution < 1.29 is 9.47 Å². The van der Waals surface area contributed by atoms with Gasteiger partial charge in [0.25, 0.3) is 0 Å². The number of nitrogens with one attached hydrogen (secondary N) is 1. The van der Waals surface area contributed by atoms with Gasteiger partial charge in [0.15, 0.2) is 0 Å². The first kappa shape index (κ1) is 17.3. The number of aryl methyl sites for hydroxylation is 1. The van der Waals surface area contributed by atoms with Crippen molar-refractivity contribution in [2.75, 3.05) is 19.0 Å². The molecule has 4 rings (SSSR count). The maximum absolute atomic E-state index is 5.60. The fraction of sp³-hybridized carbons (Fsp3) is 0.273. The van der Waals surface area contributed by atoms with E-state index < -0.39 is 0 Å². The van der Waals surface area contributed by atoms with E-state index in [1.807, 2.05) is 37.3 Å². The Kier molecular flexibility index (Phi) is 4.67. The molecular formula is C22H23N3O2. The van der Waals surface area contributed by atoms with Crippen LogP contribution >= 0.6 is 0 Å². The van der Waals surface area contributed by atoms with Gasteiger partial charge in [0, 0.05) is 18.1 Å². The molecule has 1 unspecified atom stereocenters. The monoisotopic (exact) mass is 361 g/mol. The summed E-state index contributed by atoms with van der Waals surface area (Å²) >= 11 is 0. The molecule has 27 heavy (non-hydrogen) atoms. The standard InChI is InChI=1S/C22H23N3O2/c1-14(16-5-4-6-19(12-16)26-3)23-22-13-20(24-15(2)25-22)17-7-8-21-18(11-17)9-10-27-21/h4-8,11-14H,9-10H2,1-3H3,(H,23,24,25). The first-order valence-corrected chi connectivity index (χ1v) is 9.14. The average molecular weight is 361 g/mol. The minimum Gasteiger partial charge on any atom is -0.497 e. The molecular weight excluding hydrogens is 338 g/mol. The third-order valence-corrected chi connectivity index (χ3v) is 4.78. The van der Waals surface area contributed by atoms with Crippen LogP contribution in [0.15, 0.2) is 48.5 Å². The van der Waals surface area contributed by atoms with Crippen LogP contribution in [0.4, 0.5) is 5.82 Å². The third-order valence-electron chi connectivity index (χ3n) is 4.78. The summed E-state index contributed by atoms with van der Waals surface area (Å²) in [5, 5.41) is 3.48. The predicted molar refractivity (Wildman–Crippen MR) is 106 cm³/mol. The highest BCUT2D eigenvalue weighted by Crippen LogP contribution is 2.31. The van der Waals surface area contributed by atoms with Crippen LogP contribution < -0.4 is 14.8 Å². The Bertz CT molecular complexity index is 972. The average Bonchev–Trinajstić information content (AvgIpc) is 3.15. The second-order valence-corrected chi connectivity index (χ2v) is 6.75. The van der Waals surface area contributed by atoms with Crippen molar-refractivity contribution in [1.29, 1.82) is 0 Å². The van der Waals surface area contributed by atoms with Crippen molar-refractivity contribution in [2.24, 2.45) is 0 Å². The number of methoxy groups -OCH3 is 1. The van der Waals surface area contributed by atoms with Crippen LogP contribution in [-0.2, 0) is 6.42 Å². The smallest absolute Gasteiger partial charge is 0.130 e. The number of fused-ring (bicyclic) bond motifs is 1. The zero-order valence-corrected chi connectivity index (χ0v) is 15.8. The summed E-state index contributed by atoms with van der Waals surface area (Å²) in [7, 11) is 1.68. The van der Waals surface area contributed by atoms with Crippen LogP contribution in [0.25, 0.3) is 11.3 Å². The Hall–Kier alpha value is -3.08. The molecule has 0 amide bonds. The highest BCUT2D eigenvalue weighted by molar-refractivity contribution is 5.65. The molecule has 5 heteroatoms. The Morgan fingerprint density at radius 3 is 2.85 bits per heavy atom. The number of rotatable bonds is 5. The maximum Gasteiger partial charge on any atom is 0.130 e. The van der Waals surface area contributed by atoms with E-state index in [9.17, 15) is 0 Å². The summed E-state index contributed by atoms with van der Waals surface area (Å²) < 4.78 is 10.9. The lowest BCUT2D eigenvalue weighted by atomic mass is 10.1. The van der Waals surface area contributed by atoms with E-state index >= 15 is 0 Å². The molecule has 0 aliphatic carbocycles. The Labute approximate surface area is 159 Å². The molecule has 0 radical (unpaired) electrons. The lowest BCUT2D eigenvalue weighted by molar-refractivity contribution is 0.357. The number of ether oxygens (including phenoxy) is 2. The molecule has 2 heterocycles. The Balaban J connectivity index is 1.60. The van der Waals surface area contributed by atoms with Crippen molar-refractivity contribution in [3.63, 3.8) is 0 Å². The largest absolute Gasteiger partial charge is 0.497 e. The third kappa shape index (κ3) is 3.72. The summed E-state index contributed by atoms with van der Waals surface area (Å²) in [6.45, 7) is 4.78. The first-order valence-electron chi connectivity index (χ1n) is 9.14. The molecule has 2 aromatic carbocycles. The lowest BCUT2D eigenvalue weighted by Crippen LogP contribution is -2.09. The maximum atomic E-state index is 5.60. The van der Waals surface area contributed by atoms with E-state index in [1.165, 1.54) is 5.56 Å². The van der Waals surface area contributed by atoms with E-state index in [-0.39, 0.29) is 6.04 Å². The molecule has 3 aromatic rings. The van der Waals surface area contributed by atoms with Crippen LogP contribution in [-0.4, -0.2) is 23.7 Å². The van der Waals surface area contributed by atoms with Gasteiger partial charge in [-0.25, -0.2) is 9.97 Å². The van der Waals surface area contributed by atoms with E-state index in [4.69, 9.17) is 9.47 Å². The van der Waals surface area contributed by atoms with Gasteiger partial charge < -0.3 is 14.8 Å². The van der Waals surface area contributed by atoms with Gasteiger partial charge in [0.1, 0.15) is 23.1 Å². The molecule has 0 fully saturated rings. The topological polar surface area (TPSA) is 56.3 Å². The van der Waals surface area contributed by atoms with E-state index in [0.717, 1.165) is 53.0 Å². The Morgan fingerprint density at radius 2 is 2.00 bits per heavy atom. The SMILES string of the molecule is COc1cccc(C(C)Nc2cc(-c3ccc4c(c3)CCO4)nc(C)n2)c1. The lowest BCUT2D eigenvalue weighted by Gasteiger charge is -2.17.